The van der Waals surface area contributed by atoms with Gasteiger partial charge in [0.15, 0.2) is 0 Å². The summed E-state index contributed by atoms with van der Waals surface area (Å²) < 4.78 is 0. The van der Waals surface area contributed by atoms with Crippen LogP contribution in [0.15, 0.2) is 0 Å². The Balaban J connectivity index is 2.83. The first kappa shape index (κ1) is 8.43. The van der Waals surface area contributed by atoms with Gasteiger partial charge in [0, 0.05) is 6.42 Å². The third-order valence-corrected chi connectivity index (χ3v) is 0.974. The number of carboxylic acids is 1. The number of aliphatic carboxylic acids is 1. The van der Waals surface area contributed by atoms with E-state index < -0.39 is 5.97 Å². The van der Waals surface area contributed by atoms with Crippen molar-refractivity contribution in [1.29, 1.82) is 0 Å². The van der Waals surface area contributed by atoms with Crippen LogP contribution in [0.25, 0.3) is 0 Å². The Morgan fingerprint density at radius 3 is 2.56 bits per heavy atom. The van der Waals surface area contributed by atoms with Crippen LogP contribution in [0.2, 0.25) is 0 Å². The number of hydrogen-bond donors (Lipinski definition) is 2. The molecule has 0 rings (SSSR count). The highest BCUT2D eigenvalue weighted by atomic mass is 16.4. The average Bonchev–Trinajstić information content (AvgIpc) is 1.80. The molecule has 0 saturated carbocycles. The van der Waals surface area contributed by atoms with Crippen LogP contribution in [0, 0.1) is 6.61 Å². The van der Waals surface area contributed by atoms with Crippen molar-refractivity contribution < 1.29 is 15.0 Å². The van der Waals surface area contributed by atoms with E-state index >= 15 is 0 Å². The Morgan fingerprint density at radius 1 is 1.44 bits per heavy atom. The van der Waals surface area contributed by atoms with Crippen LogP contribution in [-0.2, 0) is 4.79 Å². The number of hydrogen-bond acceptors (Lipinski definition) is 2. The molecule has 3 nitrogen and oxygen atoms in total. The minimum atomic E-state index is -0.770. The van der Waals surface area contributed by atoms with Crippen molar-refractivity contribution in [3.8, 4) is 0 Å². The molecule has 0 aliphatic rings. The van der Waals surface area contributed by atoms with Gasteiger partial charge in [-0.25, -0.2) is 0 Å². The summed E-state index contributed by atoms with van der Waals surface area (Å²) in [7, 11) is 0. The topological polar surface area (TPSA) is 57.5 Å². The fourth-order valence-electron chi connectivity index (χ4n) is 0.512. The van der Waals surface area contributed by atoms with E-state index in [1.54, 1.807) is 0 Å². The predicted molar refractivity (Wildman–Crippen MR) is 32.3 cm³/mol. The molecule has 0 aromatic heterocycles. The van der Waals surface area contributed by atoms with Gasteiger partial charge in [-0.05, 0) is 12.8 Å². The predicted octanol–water partition coefficient (Wildman–Crippen LogP) is 1.17. The zero-order valence-electron chi connectivity index (χ0n) is 5.21. The lowest BCUT2D eigenvalue weighted by molar-refractivity contribution is -0.137. The quantitative estimate of drug-likeness (QED) is 0.550. The summed E-state index contributed by atoms with van der Waals surface area (Å²) in [6, 6.07) is 0. The molecule has 9 heavy (non-hydrogen) atoms. The Kier molecular flexibility index (Phi) is 5.21. The molecule has 1 radical (unpaired) electrons. The minimum Gasteiger partial charge on any atom is -0.481 e. The van der Waals surface area contributed by atoms with Crippen molar-refractivity contribution >= 4 is 5.97 Å². The van der Waals surface area contributed by atoms with Crippen molar-refractivity contribution in [1.82, 2.24) is 0 Å². The molecular formula is C6H11O3. The molecule has 2 N–H and O–H groups in total. The van der Waals surface area contributed by atoms with Crippen LogP contribution in [0.5, 0.6) is 0 Å². The van der Waals surface area contributed by atoms with Gasteiger partial charge in [-0.15, -0.1) is 0 Å². The SMILES string of the molecule is O=C(O)CCCC[CH]O. The molecule has 0 bridgehead atoms. The maximum Gasteiger partial charge on any atom is 0.303 e. The lowest BCUT2D eigenvalue weighted by Gasteiger charge is -1.92. The minimum absolute atomic E-state index is 0.202. The molecule has 0 saturated heterocycles. The Hall–Kier alpha value is -0.570. The van der Waals surface area contributed by atoms with E-state index in [0.29, 0.717) is 12.8 Å². The fraction of sp³-hybridized carbons (Fsp3) is 0.667. The number of aliphatic hydroxyl groups is 1. The highest BCUT2D eigenvalue weighted by molar-refractivity contribution is 5.66. The smallest absolute Gasteiger partial charge is 0.303 e. The summed E-state index contributed by atoms with van der Waals surface area (Å²) in [5.74, 6) is -0.770. The van der Waals surface area contributed by atoms with Crippen molar-refractivity contribution in [2.75, 3.05) is 0 Å². The highest BCUT2D eigenvalue weighted by Gasteiger charge is 1.94. The Bertz CT molecular complexity index is 80.4. The molecule has 0 aromatic carbocycles. The summed E-state index contributed by atoms with van der Waals surface area (Å²) in [6.45, 7) is 1.06. The Labute approximate surface area is 54.3 Å². The van der Waals surface area contributed by atoms with Crippen LogP contribution in [-0.4, -0.2) is 16.2 Å². The standard InChI is InChI=1S/C6H11O3/c7-5-3-1-2-4-6(8)9/h5,7H,1-4H2,(H,8,9). The molecule has 0 unspecified atom stereocenters. The van der Waals surface area contributed by atoms with Crippen LogP contribution < -0.4 is 0 Å². The first-order valence-electron chi connectivity index (χ1n) is 2.95. The summed E-state index contributed by atoms with van der Waals surface area (Å²) >= 11 is 0. The van der Waals surface area contributed by atoms with E-state index in [0.717, 1.165) is 13.0 Å². The molecular weight excluding hydrogens is 120 g/mol. The summed E-state index contributed by atoms with van der Waals surface area (Å²) in [4.78, 5) is 9.89. The van der Waals surface area contributed by atoms with Crippen molar-refractivity contribution in [3.63, 3.8) is 0 Å². The third kappa shape index (κ3) is 7.43. The van der Waals surface area contributed by atoms with Gasteiger partial charge >= 0.3 is 5.97 Å². The lowest BCUT2D eigenvalue weighted by atomic mass is 10.2. The molecule has 0 amide bonds. The number of aliphatic hydroxyl groups excluding tert-OH is 1. The molecule has 0 aliphatic heterocycles. The second-order valence-corrected chi connectivity index (χ2v) is 1.82. The van der Waals surface area contributed by atoms with Gasteiger partial charge in [-0.2, -0.15) is 0 Å². The van der Waals surface area contributed by atoms with E-state index in [4.69, 9.17) is 10.2 Å². The van der Waals surface area contributed by atoms with Crippen LogP contribution in [0.1, 0.15) is 25.7 Å². The van der Waals surface area contributed by atoms with Gasteiger partial charge in [0.05, 0.1) is 6.61 Å². The van der Waals surface area contributed by atoms with Gasteiger partial charge in [-0.1, -0.05) is 6.42 Å². The monoisotopic (exact) mass is 131 g/mol. The van der Waals surface area contributed by atoms with Gasteiger partial charge in [0.1, 0.15) is 0 Å². The first-order chi connectivity index (χ1) is 4.27. The van der Waals surface area contributed by atoms with E-state index in [1.165, 1.54) is 0 Å². The van der Waals surface area contributed by atoms with Gasteiger partial charge < -0.3 is 10.2 Å². The second kappa shape index (κ2) is 5.56. The summed E-state index contributed by atoms with van der Waals surface area (Å²) in [6.07, 6.45) is 2.19. The van der Waals surface area contributed by atoms with Crippen LogP contribution in [0.4, 0.5) is 0 Å². The summed E-state index contributed by atoms with van der Waals surface area (Å²) in [5, 5.41) is 16.3. The number of carbonyl (C=O) groups is 1. The van der Waals surface area contributed by atoms with Crippen LogP contribution in [0.3, 0.4) is 0 Å². The lowest BCUT2D eigenvalue weighted by Crippen LogP contribution is -1.93. The molecule has 0 aromatic rings. The van der Waals surface area contributed by atoms with Crippen LogP contribution >= 0.6 is 0 Å². The summed E-state index contributed by atoms with van der Waals surface area (Å²) in [5.41, 5.74) is 0. The molecule has 0 aliphatic carbocycles. The molecule has 3 heteroatoms. The van der Waals surface area contributed by atoms with E-state index in [9.17, 15) is 4.79 Å². The fourth-order valence-corrected chi connectivity index (χ4v) is 0.512. The average molecular weight is 131 g/mol. The molecule has 0 heterocycles. The van der Waals surface area contributed by atoms with Gasteiger partial charge in [-0.3, -0.25) is 4.79 Å². The maximum absolute atomic E-state index is 9.89. The maximum atomic E-state index is 9.89. The number of carboxylic acid groups (broad SMARTS) is 1. The molecule has 0 fully saturated rings. The molecule has 53 valence electrons. The number of unbranched alkanes of at least 4 members (excludes halogenated alkanes) is 2. The third-order valence-electron chi connectivity index (χ3n) is 0.974. The highest BCUT2D eigenvalue weighted by Crippen LogP contribution is 1.99. The second-order valence-electron chi connectivity index (χ2n) is 1.82. The Morgan fingerprint density at radius 2 is 2.11 bits per heavy atom. The van der Waals surface area contributed by atoms with E-state index in [2.05, 4.69) is 0 Å². The zero-order chi connectivity index (χ0) is 7.11. The van der Waals surface area contributed by atoms with Crippen molar-refractivity contribution in [3.05, 3.63) is 6.61 Å². The molecule has 0 atom stereocenters. The number of rotatable bonds is 5. The van der Waals surface area contributed by atoms with Crippen molar-refractivity contribution in [2.24, 2.45) is 0 Å². The molecule has 0 spiro atoms. The normalized spacial score (nSPS) is 9.44. The van der Waals surface area contributed by atoms with Gasteiger partial charge in [0.2, 0.25) is 0 Å². The van der Waals surface area contributed by atoms with E-state index in [-0.39, 0.29) is 6.42 Å². The van der Waals surface area contributed by atoms with E-state index in [1.807, 2.05) is 0 Å². The first-order valence-corrected chi connectivity index (χ1v) is 2.95. The zero-order valence-corrected chi connectivity index (χ0v) is 5.21. The van der Waals surface area contributed by atoms with Gasteiger partial charge in [0.25, 0.3) is 0 Å². The largest absolute Gasteiger partial charge is 0.481 e. The van der Waals surface area contributed by atoms with Crippen molar-refractivity contribution in [2.45, 2.75) is 25.7 Å².